The standard InChI is InChI=1S/C15H21NO3/c1-11-3-2-6-16-13(11)14(17)12-4-7-19-15(9-12)5-8-18-10-15/h2-3,6,12,14,17H,4-5,7-10H2,1H3. The van der Waals surface area contributed by atoms with Crippen molar-refractivity contribution in [3.63, 3.8) is 0 Å². The number of aliphatic hydroxyl groups excluding tert-OH is 1. The first kappa shape index (κ1) is 13.0. The Kier molecular flexibility index (Phi) is 3.56. The summed E-state index contributed by atoms with van der Waals surface area (Å²) in [5.41, 5.74) is 1.70. The summed E-state index contributed by atoms with van der Waals surface area (Å²) in [6, 6.07) is 3.90. The van der Waals surface area contributed by atoms with Crippen LogP contribution in [0.15, 0.2) is 18.3 Å². The second kappa shape index (κ2) is 5.19. The topological polar surface area (TPSA) is 51.6 Å². The number of aliphatic hydroxyl groups is 1. The number of rotatable bonds is 2. The molecule has 19 heavy (non-hydrogen) atoms. The van der Waals surface area contributed by atoms with Crippen LogP contribution in [0.25, 0.3) is 0 Å². The number of aromatic nitrogens is 1. The molecule has 1 aromatic heterocycles. The molecule has 0 saturated carbocycles. The lowest BCUT2D eigenvalue weighted by Gasteiger charge is -2.39. The van der Waals surface area contributed by atoms with Gasteiger partial charge in [0.25, 0.3) is 0 Å². The Balaban J connectivity index is 1.76. The molecule has 0 radical (unpaired) electrons. The Hall–Kier alpha value is -0.970. The number of nitrogens with zero attached hydrogens (tertiary/aromatic N) is 1. The van der Waals surface area contributed by atoms with Crippen LogP contribution >= 0.6 is 0 Å². The second-order valence-corrected chi connectivity index (χ2v) is 5.74. The van der Waals surface area contributed by atoms with Gasteiger partial charge in [-0.3, -0.25) is 4.98 Å². The van der Waals surface area contributed by atoms with E-state index in [1.165, 1.54) is 0 Å². The lowest BCUT2D eigenvalue weighted by Crippen LogP contribution is -2.42. The van der Waals surface area contributed by atoms with Gasteiger partial charge in [-0.25, -0.2) is 0 Å². The highest BCUT2D eigenvalue weighted by molar-refractivity contribution is 5.20. The monoisotopic (exact) mass is 263 g/mol. The lowest BCUT2D eigenvalue weighted by atomic mass is 9.81. The summed E-state index contributed by atoms with van der Waals surface area (Å²) in [7, 11) is 0. The molecule has 2 saturated heterocycles. The molecule has 104 valence electrons. The van der Waals surface area contributed by atoms with E-state index in [2.05, 4.69) is 4.98 Å². The fraction of sp³-hybridized carbons (Fsp3) is 0.667. The van der Waals surface area contributed by atoms with Gasteiger partial charge in [0, 0.05) is 25.8 Å². The molecule has 2 aliphatic rings. The van der Waals surface area contributed by atoms with Crippen LogP contribution in [0.1, 0.15) is 36.6 Å². The quantitative estimate of drug-likeness (QED) is 0.886. The molecule has 1 spiro atoms. The van der Waals surface area contributed by atoms with E-state index >= 15 is 0 Å². The van der Waals surface area contributed by atoms with E-state index in [-0.39, 0.29) is 11.5 Å². The summed E-state index contributed by atoms with van der Waals surface area (Å²) in [6.07, 6.45) is 3.95. The molecular weight excluding hydrogens is 242 g/mol. The first-order valence-electron chi connectivity index (χ1n) is 7.01. The zero-order valence-corrected chi connectivity index (χ0v) is 11.3. The van der Waals surface area contributed by atoms with Crippen molar-refractivity contribution < 1.29 is 14.6 Å². The van der Waals surface area contributed by atoms with Crippen LogP contribution in [0.5, 0.6) is 0 Å². The third kappa shape index (κ3) is 2.53. The molecule has 2 fully saturated rings. The maximum atomic E-state index is 10.6. The van der Waals surface area contributed by atoms with Crippen molar-refractivity contribution in [2.45, 2.75) is 37.9 Å². The van der Waals surface area contributed by atoms with Gasteiger partial charge in [0.05, 0.1) is 24.0 Å². The van der Waals surface area contributed by atoms with Gasteiger partial charge in [0.15, 0.2) is 0 Å². The van der Waals surface area contributed by atoms with E-state index in [1.54, 1.807) is 6.20 Å². The lowest BCUT2D eigenvalue weighted by molar-refractivity contribution is -0.117. The Morgan fingerprint density at radius 3 is 3.11 bits per heavy atom. The number of hydrogen-bond donors (Lipinski definition) is 1. The molecule has 4 heteroatoms. The smallest absolute Gasteiger partial charge is 0.0992 e. The van der Waals surface area contributed by atoms with E-state index in [0.29, 0.717) is 13.2 Å². The summed E-state index contributed by atoms with van der Waals surface area (Å²) in [5, 5.41) is 10.6. The normalized spacial score (nSPS) is 32.6. The zero-order chi connectivity index (χ0) is 13.3. The number of hydrogen-bond acceptors (Lipinski definition) is 4. The van der Waals surface area contributed by atoms with Gasteiger partial charge in [-0.2, -0.15) is 0 Å². The Morgan fingerprint density at radius 1 is 1.47 bits per heavy atom. The minimum absolute atomic E-state index is 0.160. The van der Waals surface area contributed by atoms with E-state index in [0.717, 1.165) is 37.1 Å². The van der Waals surface area contributed by atoms with Crippen molar-refractivity contribution in [3.05, 3.63) is 29.6 Å². The average Bonchev–Trinajstić information content (AvgIpc) is 2.86. The minimum atomic E-state index is -0.498. The molecular formula is C15H21NO3. The molecule has 0 amide bonds. The van der Waals surface area contributed by atoms with Gasteiger partial charge in [-0.15, -0.1) is 0 Å². The average molecular weight is 263 g/mol. The summed E-state index contributed by atoms with van der Waals surface area (Å²) in [4.78, 5) is 4.35. The van der Waals surface area contributed by atoms with E-state index < -0.39 is 6.10 Å². The van der Waals surface area contributed by atoms with Gasteiger partial charge in [0.1, 0.15) is 0 Å². The van der Waals surface area contributed by atoms with E-state index in [9.17, 15) is 5.11 Å². The molecule has 3 rings (SSSR count). The van der Waals surface area contributed by atoms with Crippen LogP contribution < -0.4 is 0 Å². The Labute approximate surface area is 113 Å². The largest absolute Gasteiger partial charge is 0.387 e. The summed E-state index contributed by atoms with van der Waals surface area (Å²) >= 11 is 0. The predicted octanol–water partition coefficient (Wildman–Crippen LogP) is 2.01. The van der Waals surface area contributed by atoms with Crippen molar-refractivity contribution in [3.8, 4) is 0 Å². The summed E-state index contributed by atoms with van der Waals surface area (Å²) in [5.74, 6) is 0.212. The Morgan fingerprint density at radius 2 is 2.37 bits per heavy atom. The molecule has 1 N–H and O–H groups in total. The molecule has 0 bridgehead atoms. The molecule has 4 nitrogen and oxygen atoms in total. The van der Waals surface area contributed by atoms with Crippen LogP contribution in [0.4, 0.5) is 0 Å². The summed E-state index contributed by atoms with van der Waals surface area (Å²) in [6.45, 7) is 4.14. The van der Waals surface area contributed by atoms with E-state index in [4.69, 9.17) is 9.47 Å². The third-order valence-corrected chi connectivity index (χ3v) is 4.37. The predicted molar refractivity (Wildman–Crippen MR) is 70.8 cm³/mol. The highest BCUT2D eigenvalue weighted by Crippen LogP contribution is 2.40. The molecule has 0 aromatic carbocycles. The molecule has 3 heterocycles. The van der Waals surface area contributed by atoms with Gasteiger partial charge in [-0.1, -0.05) is 6.07 Å². The van der Waals surface area contributed by atoms with Crippen LogP contribution in [-0.4, -0.2) is 35.5 Å². The first-order chi connectivity index (χ1) is 9.20. The third-order valence-electron chi connectivity index (χ3n) is 4.37. The van der Waals surface area contributed by atoms with Crippen molar-refractivity contribution in [2.24, 2.45) is 5.92 Å². The van der Waals surface area contributed by atoms with Crippen molar-refractivity contribution in [2.75, 3.05) is 19.8 Å². The first-order valence-corrected chi connectivity index (χ1v) is 7.01. The highest BCUT2D eigenvalue weighted by atomic mass is 16.6. The maximum Gasteiger partial charge on any atom is 0.0992 e. The SMILES string of the molecule is Cc1cccnc1C(O)C1CCOC2(CCOC2)C1. The number of ether oxygens (including phenoxy) is 2. The molecule has 3 atom stereocenters. The molecule has 1 aromatic rings. The van der Waals surface area contributed by atoms with Crippen LogP contribution in [0.3, 0.4) is 0 Å². The Bertz CT molecular complexity index is 443. The maximum absolute atomic E-state index is 10.6. The highest BCUT2D eigenvalue weighted by Gasteiger charge is 2.43. The second-order valence-electron chi connectivity index (χ2n) is 5.74. The molecule has 3 unspecified atom stereocenters. The van der Waals surface area contributed by atoms with Crippen LogP contribution in [0.2, 0.25) is 0 Å². The van der Waals surface area contributed by atoms with Gasteiger partial charge in [-0.05, 0) is 37.3 Å². The minimum Gasteiger partial charge on any atom is -0.387 e. The van der Waals surface area contributed by atoms with Gasteiger partial charge in [0.2, 0.25) is 0 Å². The summed E-state index contributed by atoms with van der Waals surface area (Å²) < 4.78 is 11.4. The molecule has 0 aliphatic carbocycles. The fourth-order valence-electron chi connectivity index (χ4n) is 3.23. The molecule has 2 aliphatic heterocycles. The van der Waals surface area contributed by atoms with Crippen LogP contribution in [0, 0.1) is 12.8 Å². The number of aryl methyl sites for hydroxylation is 1. The van der Waals surface area contributed by atoms with Crippen LogP contribution in [-0.2, 0) is 9.47 Å². The fourth-order valence-corrected chi connectivity index (χ4v) is 3.23. The van der Waals surface area contributed by atoms with Gasteiger partial charge >= 0.3 is 0 Å². The number of pyridine rings is 1. The van der Waals surface area contributed by atoms with Crippen molar-refractivity contribution in [1.82, 2.24) is 4.98 Å². The zero-order valence-electron chi connectivity index (χ0n) is 11.3. The van der Waals surface area contributed by atoms with Gasteiger partial charge < -0.3 is 14.6 Å². The van der Waals surface area contributed by atoms with E-state index in [1.807, 2.05) is 19.1 Å². The van der Waals surface area contributed by atoms with Crippen molar-refractivity contribution >= 4 is 0 Å². The van der Waals surface area contributed by atoms with Crippen molar-refractivity contribution in [1.29, 1.82) is 0 Å².